The fourth-order valence-corrected chi connectivity index (χ4v) is 4.85. The van der Waals surface area contributed by atoms with Crippen molar-refractivity contribution in [2.24, 2.45) is 5.92 Å². The fourth-order valence-electron chi connectivity index (χ4n) is 3.74. The summed E-state index contributed by atoms with van der Waals surface area (Å²) in [6, 6.07) is 10.4. The highest BCUT2D eigenvalue weighted by Crippen LogP contribution is 2.42. The third kappa shape index (κ3) is 3.51. The number of likely N-dealkylation sites (tertiary alicyclic amines) is 1. The van der Waals surface area contributed by atoms with Crippen LogP contribution in [0.2, 0.25) is 0 Å². The number of hydrogen-bond donors (Lipinski definition) is 1. The molecule has 1 atom stereocenters. The number of thiophene rings is 1. The normalized spacial score (nSPS) is 18.5. The minimum atomic E-state index is 0.0270. The van der Waals surface area contributed by atoms with E-state index in [2.05, 4.69) is 30.1 Å². The van der Waals surface area contributed by atoms with Crippen LogP contribution in [0.4, 0.5) is 0 Å². The van der Waals surface area contributed by atoms with E-state index in [0.29, 0.717) is 19.2 Å². The minimum absolute atomic E-state index is 0.0270. The number of rotatable bonds is 4. The van der Waals surface area contributed by atoms with Crippen LogP contribution in [0, 0.1) is 5.92 Å². The van der Waals surface area contributed by atoms with E-state index < -0.39 is 0 Å². The predicted molar refractivity (Wildman–Crippen MR) is 106 cm³/mol. The third-order valence-corrected chi connectivity index (χ3v) is 6.76. The van der Waals surface area contributed by atoms with Crippen LogP contribution in [0.3, 0.4) is 0 Å². The van der Waals surface area contributed by atoms with Gasteiger partial charge in [-0.15, -0.1) is 11.3 Å². The molecule has 2 aromatic rings. The van der Waals surface area contributed by atoms with E-state index >= 15 is 0 Å². The van der Waals surface area contributed by atoms with Crippen molar-refractivity contribution in [3.63, 3.8) is 0 Å². The molecule has 5 heteroatoms. The molecular formula is C21H26N2O2S. The first-order valence-corrected chi connectivity index (χ1v) is 10.3. The molecule has 0 radical (unpaired) electrons. The van der Waals surface area contributed by atoms with Crippen LogP contribution in [0.5, 0.6) is 5.75 Å². The molecule has 0 bridgehead atoms. The molecule has 3 heterocycles. The third-order valence-electron chi connectivity index (χ3n) is 5.55. The molecule has 1 aromatic heterocycles. The first-order valence-electron chi connectivity index (χ1n) is 9.49. The van der Waals surface area contributed by atoms with Crippen molar-refractivity contribution in [3.8, 4) is 16.2 Å². The molecule has 4 rings (SSSR count). The maximum atomic E-state index is 12.7. The summed E-state index contributed by atoms with van der Waals surface area (Å²) in [6.45, 7) is 8.05. The Hall–Kier alpha value is -1.85. The first kappa shape index (κ1) is 17.6. The standard InChI is InChI=1S/C21H26N2O2S/c1-14-7-9-23(10-8-14)15(2)12-22-21(24)19-11-16-13-25-18-6-4-3-5-17(18)20(16)26-19/h3-6,11,14-15H,7-10,12-13H2,1-2H3,(H,22,24). The van der Waals surface area contributed by atoms with Crippen LogP contribution in [0.15, 0.2) is 30.3 Å². The van der Waals surface area contributed by atoms with Crippen LogP contribution in [-0.2, 0) is 6.61 Å². The second kappa shape index (κ2) is 7.41. The zero-order chi connectivity index (χ0) is 18.1. The Morgan fingerprint density at radius 2 is 2.12 bits per heavy atom. The topological polar surface area (TPSA) is 41.6 Å². The number of nitrogens with zero attached hydrogens (tertiary/aromatic N) is 1. The summed E-state index contributed by atoms with van der Waals surface area (Å²) < 4.78 is 5.80. The number of ether oxygens (including phenoxy) is 1. The van der Waals surface area contributed by atoms with Crippen molar-refractivity contribution in [1.29, 1.82) is 0 Å². The minimum Gasteiger partial charge on any atom is -0.488 e. The van der Waals surface area contributed by atoms with Crippen molar-refractivity contribution in [1.82, 2.24) is 10.2 Å². The van der Waals surface area contributed by atoms with E-state index in [1.807, 2.05) is 24.3 Å². The van der Waals surface area contributed by atoms with Crippen molar-refractivity contribution >= 4 is 17.2 Å². The molecule has 2 aliphatic rings. The number of amides is 1. The summed E-state index contributed by atoms with van der Waals surface area (Å²) in [4.78, 5) is 17.1. The molecule has 4 nitrogen and oxygen atoms in total. The highest BCUT2D eigenvalue weighted by Gasteiger charge is 2.24. The fraction of sp³-hybridized carbons (Fsp3) is 0.476. The molecule has 1 unspecified atom stereocenters. The first-order chi connectivity index (χ1) is 12.6. The smallest absolute Gasteiger partial charge is 0.261 e. The summed E-state index contributed by atoms with van der Waals surface area (Å²) in [5, 5.41) is 3.13. The maximum Gasteiger partial charge on any atom is 0.261 e. The van der Waals surface area contributed by atoms with Crippen LogP contribution >= 0.6 is 11.3 Å². The molecule has 0 aliphatic carbocycles. The van der Waals surface area contributed by atoms with E-state index in [-0.39, 0.29) is 5.91 Å². The Labute approximate surface area is 159 Å². The Morgan fingerprint density at radius 1 is 1.35 bits per heavy atom. The maximum absolute atomic E-state index is 12.7. The zero-order valence-electron chi connectivity index (χ0n) is 15.5. The molecule has 1 amide bonds. The average Bonchev–Trinajstić information content (AvgIpc) is 3.11. The van der Waals surface area contributed by atoms with E-state index in [4.69, 9.17) is 4.74 Å². The van der Waals surface area contributed by atoms with E-state index in [9.17, 15) is 4.79 Å². The lowest BCUT2D eigenvalue weighted by molar-refractivity contribution is 0.0925. The lowest BCUT2D eigenvalue weighted by Crippen LogP contribution is -2.45. The number of piperidine rings is 1. The van der Waals surface area contributed by atoms with Gasteiger partial charge in [0.1, 0.15) is 12.4 Å². The van der Waals surface area contributed by atoms with E-state index in [0.717, 1.165) is 45.6 Å². The lowest BCUT2D eigenvalue weighted by atomic mass is 9.98. The Kier molecular flexibility index (Phi) is 5.00. The molecule has 0 saturated carbocycles. The number of para-hydroxylation sites is 1. The number of carbonyl (C=O) groups excluding carboxylic acids is 1. The molecule has 1 fully saturated rings. The summed E-state index contributed by atoms with van der Waals surface area (Å²) in [5.41, 5.74) is 2.20. The van der Waals surface area contributed by atoms with Gasteiger partial charge in [-0.25, -0.2) is 0 Å². The van der Waals surface area contributed by atoms with Gasteiger partial charge in [-0.3, -0.25) is 9.69 Å². The van der Waals surface area contributed by atoms with Crippen LogP contribution in [-0.4, -0.2) is 36.5 Å². The summed E-state index contributed by atoms with van der Waals surface area (Å²) in [7, 11) is 0. The molecule has 2 aliphatic heterocycles. The quantitative estimate of drug-likeness (QED) is 0.879. The summed E-state index contributed by atoms with van der Waals surface area (Å²) >= 11 is 1.57. The van der Waals surface area contributed by atoms with Gasteiger partial charge in [0.15, 0.2) is 0 Å². The van der Waals surface area contributed by atoms with Crippen molar-refractivity contribution in [2.75, 3.05) is 19.6 Å². The predicted octanol–water partition coefficient (Wildman–Crippen LogP) is 4.16. The van der Waals surface area contributed by atoms with Gasteiger partial charge in [0.05, 0.1) is 4.88 Å². The summed E-state index contributed by atoms with van der Waals surface area (Å²) in [5.74, 6) is 1.76. The number of fused-ring (bicyclic) bond motifs is 3. The van der Waals surface area contributed by atoms with Crippen molar-refractivity contribution in [2.45, 2.75) is 39.3 Å². The number of benzene rings is 1. The molecule has 1 saturated heterocycles. The van der Waals surface area contributed by atoms with Gasteiger partial charge in [0.2, 0.25) is 0 Å². The monoisotopic (exact) mass is 370 g/mol. The average molecular weight is 371 g/mol. The van der Waals surface area contributed by atoms with Crippen molar-refractivity contribution < 1.29 is 9.53 Å². The number of hydrogen-bond acceptors (Lipinski definition) is 4. The Bertz CT molecular complexity index is 793. The summed E-state index contributed by atoms with van der Waals surface area (Å²) in [6.07, 6.45) is 2.52. The van der Waals surface area contributed by atoms with Gasteiger partial charge >= 0.3 is 0 Å². The highest BCUT2D eigenvalue weighted by atomic mass is 32.1. The number of nitrogens with one attached hydrogen (secondary N) is 1. The van der Waals surface area contributed by atoms with Gasteiger partial charge < -0.3 is 10.1 Å². The van der Waals surface area contributed by atoms with Crippen molar-refractivity contribution in [3.05, 3.63) is 40.8 Å². The molecule has 26 heavy (non-hydrogen) atoms. The van der Waals surface area contributed by atoms with Gasteiger partial charge in [0, 0.05) is 28.6 Å². The molecule has 1 aromatic carbocycles. The zero-order valence-corrected chi connectivity index (χ0v) is 16.3. The SMILES string of the molecule is CC1CCN(C(C)CNC(=O)c2cc3c(s2)-c2ccccc2OC3)CC1. The van der Waals surface area contributed by atoms with E-state index in [1.165, 1.54) is 12.8 Å². The van der Waals surface area contributed by atoms with Gasteiger partial charge in [-0.1, -0.05) is 19.1 Å². The highest BCUT2D eigenvalue weighted by molar-refractivity contribution is 7.17. The van der Waals surface area contributed by atoms with Gasteiger partial charge in [-0.2, -0.15) is 0 Å². The molecule has 1 N–H and O–H groups in total. The lowest BCUT2D eigenvalue weighted by Gasteiger charge is -2.34. The molecular weight excluding hydrogens is 344 g/mol. The van der Waals surface area contributed by atoms with E-state index in [1.54, 1.807) is 11.3 Å². The Balaban J connectivity index is 1.40. The molecule has 0 spiro atoms. The second-order valence-corrected chi connectivity index (χ2v) is 8.58. The molecule has 138 valence electrons. The second-order valence-electron chi connectivity index (χ2n) is 7.53. The van der Waals surface area contributed by atoms with Crippen LogP contribution in [0.1, 0.15) is 41.9 Å². The van der Waals surface area contributed by atoms with Gasteiger partial charge in [-0.05, 0) is 57.0 Å². The van der Waals surface area contributed by atoms with Crippen LogP contribution < -0.4 is 10.1 Å². The van der Waals surface area contributed by atoms with Crippen LogP contribution in [0.25, 0.3) is 10.4 Å². The number of carbonyl (C=O) groups is 1. The Morgan fingerprint density at radius 3 is 2.92 bits per heavy atom. The van der Waals surface area contributed by atoms with Gasteiger partial charge in [0.25, 0.3) is 5.91 Å². The largest absolute Gasteiger partial charge is 0.488 e.